The minimum absolute atomic E-state index is 0.000142. The van der Waals surface area contributed by atoms with Crippen molar-refractivity contribution in [1.82, 2.24) is 15.0 Å². The van der Waals surface area contributed by atoms with Crippen molar-refractivity contribution >= 4 is 21.8 Å². The number of benzene rings is 2. The topological polar surface area (TPSA) is 59.2 Å². The highest BCUT2D eigenvalue weighted by Crippen LogP contribution is 2.28. The van der Waals surface area contributed by atoms with Crippen LogP contribution in [-0.4, -0.2) is 34.0 Å². The van der Waals surface area contributed by atoms with Crippen molar-refractivity contribution in [2.45, 2.75) is 18.8 Å². The van der Waals surface area contributed by atoms with Crippen molar-refractivity contribution in [2.75, 3.05) is 13.1 Å². The highest BCUT2D eigenvalue weighted by molar-refractivity contribution is 9.10. The van der Waals surface area contributed by atoms with Crippen LogP contribution in [0.2, 0.25) is 0 Å². The zero-order chi connectivity index (χ0) is 18.8. The van der Waals surface area contributed by atoms with Crippen LogP contribution in [0, 0.1) is 5.82 Å². The zero-order valence-electron chi connectivity index (χ0n) is 14.4. The van der Waals surface area contributed by atoms with Crippen molar-refractivity contribution < 1.29 is 13.7 Å². The summed E-state index contributed by atoms with van der Waals surface area (Å²) in [6.07, 6.45) is 1.74. The van der Waals surface area contributed by atoms with Crippen LogP contribution in [0.4, 0.5) is 4.39 Å². The summed E-state index contributed by atoms with van der Waals surface area (Å²) in [5, 5.41) is 4.08. The van der Waals surface area contributed by atoms with Gasteiger partial charge in [-0.3, -0.25) is 4.79 Å². The first kappa shape index (κ1) is 17.9. The second-order valence-corrected chi connectivity index (χ2v) is 7.48. The van der Waals surface area contributed by atoms with Gasteiger partial charge in [-0.1, -0.05) is 21.1 Å². The highest BCUT2D eigenvalue weighted by Gasteiger charge is 2.29. The fourth-order valence-corrected chi connectivity index (χ4v) is 3.52. The number of aromatic nitrogens is 2. The lowest BCUT2D eigenvalue weighted by Gasteiger charge is -2.31. The fourth-order valence-electron chi connectivity index (χ4n) is 3.26. The Morgan fingerprint density at radius 2 is 1.89 bits per heavy atom. The van der Waals surface area contributed by atoms with E-state index in [9.17, 15) is 9.18 Å². The Balaban J connectivity index is 1.49. The van der Waals surface area contributed by atoms with Crippen molar-refractivity contribution in [3.05, 3.63) is 70.3 Å². The third-order valence-electron chi connectivity index (χ3n) is 4.69. The summed E-state index contributed by atoms with van der Waals surface area (Å²) < 4.78 is 19.5. The molecule has 0 radical (unpaired) electrons. The van der Waals surface area contributed by atoms with Gasteiger partial charge in [0.05, 0.1) is 5.92 Å². The molecule has 2 heterocycles. The van der Waals surface area contributed by atoms with E-state index >= 15 is 0 Å². The molecule has 27 heavy (non-hydrogen) atoms. The summed E-state index contributed by atoms with van der Waals surface area (Å²) in [4.78, 5) is 19.0. The van der Waals surface area contributed by atoms with Gasteiger partial charge in [0.15, 0.2) is 0 Å². The Kier molecular flexibility index (Phi) is 5.03. The molecule has 1 saturated heterocycles. The Morgan fingerprint density at radius 1 is 1.15 bits per heavy atom. The number of nitrogens with zero attached hydrogens (tertiary/aromatic N) is 3. The van der Waals surface area contributed by atoms with Crippen molar-refractivity contribution in [1.29, 1.82) is 0 Å². The number of amides is 1. The molecule has 1 fully saturated rings. The predicted octanol–water partition coefficient (Wildman–Crippen LogP) is 4.66. The van der Waals surface area contributed by atoms with E-state index < -0.39 is 0 Å². The molecule has 7 heteroatoms. The maximum absolute atomic E-state index is 13.1. The molecule has 1 aliphatic heterocycles. The van der Waals surface area contributed by atoms with Crippen molar-refractivity contribution in [3.8, 4) is 11.4 Å². The Labute approximate surface area is 164 Å². The third kappa shape index (κ3) is 3.93. The van der Waals surface area contributed by atoms with E-state index in [1.54, 1.807) is 4.90 Å². The maximum atomic E-state index is 13.1. The summed E-state index contributed by atoms with van der Waals surface area (Å²) in [5.74, 6) is 0.630. The van der Waals surface area contributed by atoms with Crippen LogP contribution in [0.3, 0.4) is 0 Å². The summed E-state index contributed by atoms with van der Waals surface area (Å²) in [6.45, 7) is 1.18. The molecular weight excluding hydrogens is 413 g/mol. The first-order valence-corrected chi connectivity index (χ1v) is 9.54. The number of rotatable bonds is 3. The molecule has 0 spiro atoms. The summed E-state index contributed by atoms with van der Waals surface area (Å²) >= 11 is 3.41. The van der Waals surface area contributed by atoms with Gasteiger partial charge in [-0.05, 0) is 61.4 Å². The summed E-state index contributed by atoms with van der Waals surface area (Å²) in [5.41, 5.74) is 1.36. The Hall–Kier alpha value is -2.54. The number of hydrogen-bond donors (Lipinski definition) is 0. The molecule has 2 aromatic carbocycles. The van der Waals surface area contributed by atoms with Gasteiger partial charge in [-0.2, -0.15) is 4.98 Å². The van der Waals surface area contributed by atoms with Gasteiger partial charge in [0.2, 0.25) is 11.7 Å². The molecular formula is C20H17BrFN3O2. The van der Waals surface area contributed by atoms with E-state index in [2.05, 4.69) is 26.1 Å². The van der Waals surface area contributed by atoms with E-state index in [0.29, 0.717) is 30.4 Å². The van der Waals surface area contributed by atoms with Crippen LogP contribution in [0.15, 0.2) is 57.5 Å². The number of carbonyl (C=O) groups is 1. The van der Waals surface area contributed by atoms with Gasteiger partial charge in [0, 0.05) is 28.7 Å². The largest absolute Gasteiger partial charge is 0.339 e. The predicted molar refractivity (Wildman–Crippen MR) is 102 cm³/mol. The average Bonchev–Trinajstić information content (AvgIpc) is 3.19. The standard InChI is InChI=1S/C20H17BrFN3O2/c21-16-7-3-13(4-8-16)18-23-19(27-24-18)15-2-1-11-25(12-15)20(26)14-5-9-17(22)10-6-14/h3-10,15H,1-2,11-12H2. The van der Waals surface area contributed by atoms with Crippen molar-refractivity contribution in [2.24, 2.45) is 0 Å². The molecule has 5 nitrogen and oxygen atoms in total. The lowest BCUT2D eigenvalue weighted by atomic mass is 9.97. The molecule has 138 valence electrons. The average molecular weight is 430 g/mol. The van der Waals surface area contributed by atoms with E-state index in [0.717, 1.165) is 22.9 Å². The quantitative estimate of drug-likeness (QED) is 0.607. The smallest absolute Gasteiger partial charge is 0.253 e. The van der Waals surface area contributed by atoms with E-state index in [-0.39, 0.29) is 17.6 Å². The van der Waals surface area contributed by atoms with Gasteiger partial charge >= 0.3 is 0 Å². The van der Waals surface area contributed by atoms with Crippen LogP contribution < -0.4 is 0 Å². The molecule has 1 unspecified atom stereocenters. The molecule has 1 atom stereocenters. The monoisotopic (exact) mass is 429 g/mol. The lowest BCUT2D eigenvalue weighted by molar-refractivity contribution is 0.0695. The van der Waals surface area contributed by atoms with Gasteiger partial charge in [0.1, 0.15) is 5.82 Å². The molecule has 0 bridgehead atoms. The van der Waals surface area contributed by atoms with Crippen LogP contribution in [0.25, 0.3) is 11.4 Å². The van der Waals surface area contributed by atoms with Gasteiger partial charge < -0.3 is 9.42 Å². The van der Waals surface area contributed by atoms with Crippen molar-refractivity contribution in [3.63, 3.8) is 0 Å². The van der Waals surface area contributed by atoms with E-state index in [1.165, 1.54) is 24.3 Å². The SMILES string of the molecule is O=C(c1ccc(F)cc1)N1CCCC(c2nc(-c3ccc(Br)cc3)no2)C1. The number of halogens is 2. The number of carbonyl (C=O) groups excluding carboxylic acids is 1. The molecule has 1 amide bonds. The number of likely N-dealkylation sites (tertiary alicyclic amines) is 1. The molecule has 3 aromatic rings. The van der Waals surface area contributed by atoms with Crippen LogP contribution in [0.5, 0.6) is 0 Å². The van der Waals surface area contributed by atoms with E-state index in [4.69, 9.17) is 4.52 Å². The maximum Gasteiger partial charge on any atom is 0.253 e. The van der Waals surface area contributed by atoms with Gasteiger partial charge in [0.25, 0.3) is 5.91 Å². The van der Waals surface area contributed by atoms with E-state index in [1.807, 2.05) is 24.3 Å². The second-order valence-electron chi connectivity index (χ2n) is 6.56. The lowest BCUT2D eigenvalue weighted by Crippen LogP contribution is -2.39. The van der Waals surface area contributed by atoms with Crippen LogP contribution >= 0.6 is 15.9 Å². The highest BCUT2D eigenvalue weighted by atomic mass is 79.9. The Bertz CT molecular complexity index is 941. The fraction of sp³-hybridized carbons (Fsp3) is 0.250. The first-order chi connectivity index (χ1) is 13.1. The number of piperidine rings is 1. The third-order valence-corrected chi connectivity index (χ3v) is 5.22. The molecule has 4 rings (SSSR count). The second kappa shape index (κ2) is 7.60. The van der Waals surface area contributed by atoms with Gasteiger partial charge in [-0.15, -0.1) is 0 Å². The molecule has 0 saturated carbocycles. The van der Waals surface area contributed by atoms with Crippen LogP contribution in [0.1, 0.15) is 35.0 Å². The molecule has 1 aliphatic rings. The van der Waals surface area contributed by atoms with Crippen LogP contribution in [-0.2, 0) is 0 Å². The van der Waals surface area contributed by atoms with Gasteiger partial charge in [-0.25, -0.2) is 4.39 Å². The summed E-state index contributed by atoms with van der Waals surface area (Å²) in [6, 6.07) is 13.3. The Morgan fingerprint density at radius 3 is 2.63 bits per heavy atom. The minimum atomic E-state index is -0.352. The first-order valence-electron chi connectivity index (χ1n) is 8.74. The zero-order valence-corrected chi connectivity index (χ0v) is 16.0. The number of hydrogen-bond acceptors (Lipinski definition) is 4. The molecule has 0 aliphatic carbocycles. The molecule has 1 aromatic heterocycles. The normalized spacial score (nSPS) is 17.1. The minimum Gasteiger partial charge on any atom is -0.339 e. The molecule has 0 N–H and O–H groups in total. The summed E-state index contributed by atoms with van der Waals surface area (Å²) in [7, 11) is 0.